The molecule has 3 N–H and O–H groups in total. The van der Waals surface area contributed by atoms with Crippen LogP contribution in [0.15, 0.2) is 27.4 Å². The van der Waals surface area contributed by atoms with E-state index in [1.54, 1.807) is 13.1 Å². The highest BCUT2D eigenvalue weighted by molar-refractivity contribution is 7.11. The Kier molecular flexibility index (Phi) is 3.73. The zero-order valence-corrected chi connectivity index (χ0v) is 10.5. The van der Waals surface area contributed by atoms with Crippen LogP contribution in [0.5, 0.6) is 0 Å². The van der Waals surface area contributed by atoms with Gasteiger partial charge in [-0.2, -0.15) is 5.10 Å². The lowest BCUT2D eigenvalue weighted by molar-refractivity contribution is -0.120. The Morgan fingerprint density at radius 3 is 3.00 bits per heavy atom. The molecule has 0 spiro atoms. The van der Waals surface area contributed by atoms with Crippen molar-refractivity contribution < 1.29 is 4.79 Å². The van der Waals surface area contributed by atoms with Crippen molar-refractivity contribution in [3.8, 4) is 0 Å². The van der Waals surface area contributed by atoms with Crippen LogP contribution in [0.2, 0.25) is 0 Å². The van der Waals surface area contributed by atoms with Crippen molar-refractivity contribution in [2.45, 2.75) is 13.3 Å². The number of aryl methyl sites for hydroxylation is 1. The van der Waals surface area contributed by atoms with Crippen molar-refractivity contribution in [2.24, 2.45) is 5.10 Å². The third kappa shape index (κ3) is 2.95. The molecule has 0 bridgehead atoms. The van der Waals surface area contributed by atoms with Crippen LogP contribution in [-0.2, 0) is 11.2 Å². The van der Waals surface area contributed by atoms with Crippen molar-refractivity contribution in [1.82, 2.24) is 15.6 Å². The number of aromatic nitrogens is 2. The molecule has 0 saturated heterocycles. The molecule has 0 atom stereocenters. The summed E-state index contributed by atoms with van der Waals surface area (Å²) in [6, 6.07) is 3.79. The highest BCUT2D eigenvalue weighted by Crippen LogP contribution is 2.04. The molecule has 0 aliphatic rings. The second-order valence-electron chi connectivity index (χ2n) is 3.67. The fraction of sp³-hybridized carbons (Fsp3) is 0.182. The number of H-pyrrole nitrogens is 2. The van der Waals surface area contributed by atoms with Crippen LogP contribution in [0, 0.1) is 6.92 Å². The van der Waals surface area contributed by atoms with E-state index >= 15 is 0 Å². The molecular weight excluding hydrogens is 252 g/mol. The van der Waals surface area contributed by atoms with Crippen molar-refractivity contribution in [2.75, 3.05) is 0 Å². The number of rotatable bonds is 4. The number of nitrogens with zero attached hydrogens (tertiary/aromatic N) is 1. The van der Waals surface area contributed by atoms with Crippen LogP contribution in [-0.4, -0.2) is 22.3 Å². The second-order valence-corrected chi connectivity index (χ2v) is 4.65. The van der Waals surface area contributed by atoms with Crippen molar-refractivity contribution in [1.29, 1.82) is 0 Å². The highest BCUT2D eigenvalue weighted by Gasteiger charge is 2.10. The average Bonchev–Trinajstić information content (AvgIpc) is 2.94. The lowest BCUT2D eigenvalue weighted by Crippen LogP contribution is -2.22. The minimum absolute atomic E-state index is 0.00640. The lowest BCUT2D eigenvalue weighted by Gasteiger charge is -1.97. The van der Waals surface area contributed by atoms with Crippen molar-refractivity contribution in [3.63, 3.8) is 0 Å². The summed E-state index contributed by atoms with van der Waals surface area (Å²) in [4.78, 5) is 23.8. The van der Waals surface area contributed by atoms with Crippen molar-refractivity contribution >= 4 is 23.5 Å². The number of carbonyl (C=O) groups excluding carboxylic acids is 1. The minimum atomic E-state index is -0.323. The normalized spacial score (nSPS) is 10.9. The Bertz CT molecular complexity index is 609. The first kappa shape index (κ1) is 12.3. The van der Waals surface area contributed by atoms with Gasteiger partial charge in [0.05, 0.1) is 12.6 Å². The van der Waals surface area contributed by atoms with E-state index in [2.05, 4.69) is 20.7 Å². The predicted molar refractivity (Wildman–Crippen MR) is 69.9 cm³/mol. The number of hydrogen-bond acceptors (Lipinski definition) is 4. The highest BCUT2D eigenvalue weighted by atomic mass is 32.1. The molecule has 2 aromatic rings. The van der Waals surface area contributed by atoms with Gasteiger partial charge in [-0.3, -0.25) is 14.7 Å². The van der Waals surface area contributed by atoms with Gasteiger partial charge in [0.15, 0.2) is 0 Å². The molecule has 2 heterocycles. The minimum Gasteiger partial charge on any atom is -0.302 e. The third-order valence-electron chi connectivity index (χ3n) is 2.35. The largest absolute Gasteiger partial charge is 0.302 e. The van der Waals surface area contributed by atoms with Crippen LogP contribution in [0.4, 0.5) is 0 Å². The fourth-order valence-corrected chi connectivity index (χ4v) is 2.00. The summed E-state index contributed by atoms with van der Waals surface area (Å²) < 4.78 is 0. The van der Waals surface area contributed by atoms with E-state index in [9.17, 15) is 9.59 Å². The maximum absolute atomic E-state index is 11.6. The summed E-state index contributed by atoms with van der Waals surface area (Å²) in [5.74, 6) is -0.323. The Hall–Kier alpha value is -2.15. The Morgan fingerprint density at radius 2 is 2.39 bits per heavy atom. The number of thiophene rings is 1. The Balaban J connectivity index is 1.92. The fourth-order valence-electron chi connectivity index (χ4n) is 1.42. The van der Waals surface area contributed by atoms with Crippen LogP contribution < -0.4 is 11.0 Å². The molecule has 6 nitrogen and oxygen atoms in total. The molecule has 18 heavy (non-hydrogen) atoms. The molecule has 0 aliphatic carbocycles. The number of hydrogen-bond donors (Lipinski definition) is 3. The number of aromatic amines is 2. The topological polar surface area (TPSA) is 90.1 Å². The van der Waals surface area contributed by atoms with Gasteiger partial charge in [0.2, 0.25) is 5.91 Å². The van der Waals surface area contributed by atoms with E-state index in [0.29, 0.717) is 11.3 Å². The summed E-state index contributed by atoms with van der Waals surface area (Å²) in [7, 11) is 0. The zero-order valence-electron chi connectivity index (χ0n) is 9.69. The molecule has 7 heteroatoms. The quantitative estimate of drug-likeness (QED) is 0.562. The maximum atomic E-state index is 11.6. The van der Waals surface area contributed by atoms with E-state index in [0.717, 1.165) is 4.88 Å². The summed E-state index contributed by atoms with van der Waals surface area (Å²) in [6.45, 7) is 1.73. The number of nitrogens with one attached hydrogen (secondary N) is 3. The van der Waals surface area contributed by atoms with Gasteiger partial charge in [-0.1, -0.05) is 6.07 Å². The SMILES string of the molecule is Cc1[nH][nH]c(=O)c1CC(=O)N/N=C/c1cccs1. The smallest absolute Gasteiger partial charge is 0.267 e. The summed E-state index contributed by atoms with van der Waals surface area (Å²) in [5, 5.41) is 10.8. The maximum Gasteiger partial charge on any atom is 0.267 e. The molecule has 0 fully saturated rings. The molecule has 2 rings (SSSR count). The van der Waals surface area contributed by atoms with Crippen LogP contribution in [0.25, 0.3) is 0 Å². The zero-order chi connectivity index (χ0) is 13.0. The summed E-state index contributed by atoms with van der Waals surface area (Å²) >= 11 is 1.52. The van der Waals surface area contributed by atoms with Gasteiger partial charge in [0.25, 0.3) is 5.56 Å². The molecule has 0 unspecified atom stereocenters. The van der Waals surface area contributed by atoms with Gasteiger partial charge >= 0.3 is 0 Å². The van der Waals surface area contributed by atoms with Gasteiger partial charge < -0.3 is 5.10 Å². The van der Waals surface area contributed by atoms with E-state index in [1.807, 2.05) is 17.5 Å². The first-order valence-corrected chi connectivity index (χ1v) is 6.16. The molecule has 0 aliphatic heterocycles. The third-order valence-corrected chi connectivity index (χ3v) is 3.16. The van der Waals surface area contributed by atoms with Gasteiger partial charge in [-0.25, -0.2) is 5.43 Å². The summed E-state index contributed by atoms with van der Waals surface area (Å²) in [5.41, 5.74) is 3.20. The van der Waals surface area contributed by atoms with Gasteiger partial charge in [0, 0.05) is 16.1 Å². The average molecular weight is 264 g/mol. The van der Waals surface area contributed by atoms with E-state index in [1.165, 1.54) is 11.3 Å². The van der Waals surface area contributed by atoms with E-state index in [-0.39, 0.29) is 17.9 Å². The molecule has 1 amide bonds. The molecule has 0 radical (unpaired) electrons. The van der Waals surface area contributed by atoms with Gasteiger partial charge in [-0.05, 0) is 18.4 Å². The Morgan fingerprint density at radius 1 is 1.56 bits per heavy atom. The molecule has 0 saturated carbocycles. The molecule has 94 valence electrons. The molecular formula is C11H12N4O2S. The van der Waals surface area contributed by atoms with E-state index < -0.39 is 0 Å². The van der Waals surface area contributed by atoms with Gasteiger partial charge in [-0.15, -0.1) is 11.3 Å². The first-order valence-electron chi connectivity index (χ1n) is 5.28. The second kappa shape index (κ2) is 5.46. The summed E-state index contributed by atoms with van der Waals surface area (Å²) in [6.07, 6.45) is 1.57. The number of carbonyl (C=O) groups is 1. The van der Waals surface area contributed by atoms with Crippen LogP contribution in [0.1, 0.15) is 16.1 Å². The first-order chi connectivity index (χ1) is 8.66. The van der Waals surface area contributed by atoms with Crippen LogP contribution in [0.3, 0.4) is 0 Å². The lowest BCUT2D eigenvalue weighted by atomic mass is 10.2. The number of hydrazone groups is 1. The van der Waals surface area contributed by atoms with E-state index in [4.69, 9.17) is 0 Å². The standard InChI is InChI=1S/C11H12N4O2S/c1-7-9(11(17)15-13-7)5-10(16)14-12-6-8-3-2-4-18-8/h2-4,6H,5H2,1H3,(H,14,16)(H2,13,15,17)/b12-6+. The van der Waals surface area contributed by atoms with Crippen LogP contribution >= 0.6 is 11.3 Å². The van der Waals surface area contributed by atoms with Gasteiger partial charge in [0.1, 0.15) is 0 Å². The molecule has 2 aromatic heterocycles. The predicted octanol–water partition coefficient (Wildman–Crippen LogP) is 0.766. The molecule has 0 aromatic carbocycles. The monoisotopic (exact) mass is 264 g/mol. The Labute approximate surface area is 107 Å². The number of amides is 1. The van der Waals surface area contributed by atoms with Crippen molar-refractivity contribution in [3.05, 3.63) is 44.0 Å².